The largest absolute Gasteiger partial charge is 0.423 e. The van der Waals surface area contributed by atoms with E-state index in [0.29, 0.717) is 49.4 Å². The number of carbonyl (C=O) groups excluding carboxylic acids is 1. The minimum Gasteiger partial charge on any atom is -0.423 e. The van der Waals surface area contributed by atoms with Gasteiger partial charge in [0, 0.05) is 43.7 Å². The van der Waals surface area contributed by atoms with E-state index < -0.39 is 10.0 Å². The van der Waals surface area contributed by atoms with Crippen molar-refractivity contribution in [1.29, 1.82) is 0 Å². The number of hydrogen-bond donors (Lipinski definition) is 1. The molecule has 8 nitrogen and oxygen atoms in total. The first-order valence-electron chi connectivity index (χ1n) is 10.3. The second kappa shape index (κ2) is 8.72. The van der Waals surface area contributed by atoms with Crippen LogP contribution in [0.1, 0.15) is 25.7 Å². The molecule has 0 saturated carbocycles. The highest BCUT2D eigenvalue weighted by Gasteiger charge is 2.29. The topological polar surface area (TPSA) is 95.8 Å². The van der Waals surface area contributed by atoms with E-state index in [-0.39, 0.29) is 11.8 Å². The van der Waals surface area contributed by atoms with Crippen LogP contribution >= 0.6 is 11.6 Å². The van der Waals surface area contributed by atoms with E-state index in [2.05, 4.69) is 15.2 Å². The number of benzene rings is 1. The van der Waals surface area contributed by atoms with E-state index in [1.807, 2.05) is 6.07 Å². The monoisotopic (exact) mass is 454 g/mol. The Morgan fingerprint density at radius 1 is 1.20 bits per heavy atom. The summed E-state index contributed by atoms with van der Waals surface area (Å²) in [5, 5.41) is 3.72. The van der Waals surface area contributed by atoms with Crippen molar-refractivity contribution in [3.05, 3.63) is 23.2 Å². The summed E-state index contributed by atoms with van der Waals surface area (Å²) in [7, 11) is -3.17. The van der Waals surface area contributed by atoms with Crippen LogP contribution in [0.4, 0.5) is 6.01 Å². The molecule has 164 valence electrons. The fraction of sp³-hybridized carbons (Fsp3) is 0.600. The first-order chi connectivity index (χ1) is 14.3. The van der Waals surface area contributed by atoms with Gasteiger partial charge in [0.25, 0.3) is 6.01 Å². The second-order valence-electron chi connectivity index (χ2n) is 8.22. The van der Waals surface area contributed by atoms with Gasteiger partial charge >= 0.3 is 0 Å². The van der Waals surface area contributed by atoms with E-state index in [1.165, 1.54) is 10.6 Å². The van der Waals surface area contributed by atoms with Crippen molar-refractivity contribution in [2.24, 2.45) is 11.8 Å². The Morgan fingerprint density at radius 2 is 1.90 bits per heavy atom. The third kappa shape index (κ3) is 4.90. The van der Waals surface area contributed by atoms with Gasteiger partial charge in [-0.05, 0) is 49.8 Å². The number of nitrogens with one attached hydrogen (secondary N) is 1. The predicted octanol–water partition coefficient (Wildman–Crippen LogP) is 2.49. The number of rotatable bonds is 5. The van der Waals surface area contributed by atoms with Gasteiger partial charge < -0.3 is 14.6 Å². The van der Waals surface area contributed by atoms with Gasteiger partial charge in [-0.15, -0.1) is 0 Å². The summed E-state index contributed by atoms with van der Waals surface area (Å²) in [5.41, 5.74) is 1.49. The molecule has 0 bridgehead atoms. The first kappa shape index (κ1) is 21.4. The van der Waals surface area contributed by atoms with Crippen LogP contribution in [0.2, 0.25) is 5.02 Å². The van der Waals surface area contributed by atoms with Crippen molar-refractivity contribution in [3.8, 4) is 0 Å². The number of aromatic nitrogens is 1. The Kier molecular flexibility index (Phi) is 6.22. The van der Waals surface area contributed by atoms with Crippen molar-refractivity contribution >= 4 is 44.6 Å². The van der Waals surface area contributed by atoms with Crippen LogP contribution < -0.4 is 10.2 Å². The summed E-state index contributed by atoms with van der Waals surface area (Å²) < 4.78 is 30.5. The molecule has 3 heterocycles. The zero-order valence-corrected chi connectivity index (χ0v) is 18.6. The van der Waals surface area contributed by atoms with Gasteiger partial charge in [0.1, 0.15) is 5.52 Å². The van der Waals surface area contributed by atoms with Crippen molar-refractivity contribution < 1.29 is 17.6 Å². The van der Waals surface area contributed by atoms with Gasteiger partial charge in [-0.1, -0.05) is 11.6 Å². The number of carbonyl (C=O) groups is 1. The lowest BCUT2D eigenvalue weighted by Crippen LogP contribution is -2.44. The molecule has 2 saturated heterocycles. The maximum Gasteiger partial charge on any atom is 0.298 e. The third-order valence-electron chi connectivity index (χ3n) is 6.08. The quantitative estimate of drug-likeness (QED) is 0.745. The zero-order valence-electron chi connectivity index (χ0n) is 17.0. The molecule has 0 radical (unpaired) electrons. The Morgan fingerprint density at radius 3 is 2.57 bits per heavy atom. The number of piperidine rings is 2. The summed E-state index contributed by atoms with van der Waals surface area (Å²) in [6.07, 6.45) is 4.28. The molecule has 0 unspecified atom stereocenters. The lowest BCUT2D eigenvalue weighted by Gasteiger charge is -2.32. The number of fused-ring (bicyclic) bond motifs is 1. The van der Waals surface area contributed by atoms with E-state index in [1.54, 1.807) is 12.1 Å². The standard InChI is InChI=1S/C20H27ClN4O4S/c1-30(27,28)25-10-6-15(7-11-25)19(26)22-13-14-4-8-24(9-5-14)20-23-17-12-16(21)2-3-18(17)29-20/h2-3,12,14-15H,4-11,13H2,1H3,(H,22,26). The Balaban J connectivity index is 1.22. The van der Waals surface area contributed by atoms with Gasteiger partial charge in [0.15, 0.2) is 5.58 Å². The molecular weight excluding hydrogens is 428 g/mol. The van der Waals surface area contributed by atoms with Gasteiger partial charge in [-0.3, -0.25) is 4.79 Å². The molecule has 1 amide bonds. The van der Waals surface area contributed by atoms with Gasteiger partial charge in [-0.2, -0.15) is 4.98 Å². The van der Waals surface area contributed by atoms with E-state index in [9.17, 15) is 13.2 Å². The number of anilines is 1. The summed E-state index contributed by atoms with van der Waals surface area (Å²) in [5.74, 6) is 0.358. The molecule has 1 N–H and O–H groups in total. The molecule has 2 aliphatic heterocycles. The normalized spacial score (nSPS) is 20.0. The summed E-state index contributed by atoms with van der Waals surface area (Å²) in [6, 6.07) is 6.04. The van der Waals surface area contributed by atoms with Gasteiger partial charge in [-0.25, -0.2) is 12.7 Å². The van der Waals surface area contributed by atoms with Crippen LogP contribution in [0.3, 0.4) is 0 Å². The Labute approximate surface area is 181 Å². The van der Waals surface area contributed by atoms with Crippen LogP contribution in [-0.4, -0.2) is 62.6 Å². The Bertz CT molecular complexity index is 1010. The molecule has 2 fully saturated rings. The maximum absolute atomic E-state index is 12.5. The number of hydrogen-bond acceptors (Lipinski definition) is 6. The molecule has 1 aromatic carbocycles. The molecule has 10 heteroatoms. The number of halogens is 1. The number of amides is 1. The SMILES string of the molecule is CS(=O)(=O)N1CCC(C(=O)NCC2CCN(c3nc4cc(Cl)ccc4o3)CC2)CC1. The highest BCUT2D eigenvalue weighted by molar-refractivity contribution is 7.88. The molecule has 1 aromatic heterocycles. The minimum absolute atomic E-state index is 0.0430. The highest BCUT2D eigenvalue weighted by atomic mass is 35.5. The molecule has 4 rings (SSSR count). The van der Waals surface area contributed by atoms with Gasteiger partial charge in [0.2, 0.25) is 15.9 Å². The third-order valence-corrected chi connectivity index (χ3v) is 7.62. The highest BCUT2D eigenvalue weighted by Crippen LogP contribution is 2.28. The molecule has 30 heavy (non-hydrogen) atoms. The van der Waals surface area contributed by atoms with Crippen LogP contribution in [0.5, 0.6) is 0 Å². The lowest BCUT2D eigenvalue weighted by molar-refractivity contribution is -0.126. The van der Waals surface area contributed by atoms with Gasteiger partial charge in [0.05, 0.1) is 6.26 Å². The fourth-order valence-corrected chi connectivity index (χ4v) is 5.23. The Hall–Kier alpha value is -1.84. The van der Waals surface area contributed by atoms with Crippen LogP contribution in [0, 0.1) is 11.8 Å². The average molecular weight is 455 g/mol. The summed E-state index contributed by atoms with van der Waals surface area (Å²) in [6.45, 7) is 3.15. The molecular formula is C20H27ClN4O4S. The smallest absolute Gasteiger partial charge is 0.298 e. The van der Waals surface area contributed by atoms with Crippen molar-refractivity contribution in [3.63, 3.8) is 0 Å². The second-order valence-corrected chi connectivity index (χ2v) is 10.6. The van der Waals surface area contributed by atoms with Crippen LogP contribution in [0.25, 0.3) is 11.1 Å². The molecule has 2 aliphatic rings. The van der Waals surface area contributed by atoms with E-state index in [4.69, 9.17) is 16.0 Å². The average Bonchev–Trinajstić information content (AvgIpc) is 3.15. The fourth-order valence-electron chi connectivity index (χ4n) is 4.19. The minimum atomic E-state index is -3.17. The van der Waals surface area contributed by atoms with Crippen molar-refractivity contribution in [1.82, 2.24) is 14.6 Å². The van der Waals surface area contributed by atoms with Crippen LogP contribution in [0.15, 0.2) is 22.6 Å². The molecule has 0 spiro atoms. The van der Waals surface area contributed by atoms with Crippen molar-refractivity contribution in [2.45, 2.75) is 25.7 Å². The van der Waals surface area contributed by atoms with E-state index in [0.717, 1.165) is 37.0 Å². The van der Waals surface area contributed by atoms with Crippen LogP contribution in [-0.2, 0) is 14.8 Å². The maximum atomic E-state index is 12.5. The summed E-state index contributed by atoms with van der Waals surface area (Å²) >= 11 is 6.02. The predicted molar refractivity (Wildman–Crippen MR) is 116 cm³/mol. The first-order valence-corrected chi connectivity index (χ1v) is 12.6. The number of sulfonamides is 1. The van der Waals surface area contributed by atoms with E-state index >= 15 is 0 Å². The number of nitrogens with zero attached hydrogens (tertiary/aromatic N) is 3. The zero-order chi connectivity index (χ0) is 21.3. The summed E-state index contributed by atoms with van der Waals surface area (Å²) in [4.78, 5) is 19.2. The lowest BCUT2D eigenvalue weighted by atomic mass is 9.95. The molecule has 0 atom stereocenters. The molecule has 2 aromatic rings. The molecule has 0 aliphatic carbocycles. The van der Waals surface area contributed by atoms with Crippen molar-refractivity contribution in [2.75, 3.05) is 43.9 Å². The number of oxazole rings is 1.